The average Bonchev–Trinajstić information content (AvgIpc) is 3.23. The SMILES string of the molecule is COCCOc1ccc(C(=O)NC(=S)Nc2ccc(-c3nc4ccc(C)cc4s3)cc2)cc1. The Labute approximate surface area is 201 Å². The Balaban J connectivity index is 1.34. The van der Waals surface area contributed by atoms with Crippen molar-refractivity contribution in [2.45, 2.75) is 6.92 Å². The fourth-order valence-electron chi connectivity index (χ4n) is 3.13. The van der Waals surface area contributed by atoms with E-state index in [2.05, 4.69) is 29.7 Å². The number of nitrogens with one attached hydrogen (secondary N) is 2. The van der Waals surface area contributed by atoms with E-state index in [-0.39, 0.29) is 11.0 Å². The van der Waals surface area contributed by atoms with Gasteiger partial charge in [-0.15, -0.1) is 11.3 Å². The summed E-state index contributed by atoms with van der Waals surface area (Å²) in [5.74, 6) is 0.380. The molecule has 0 fully saturated rings. The molecule has 1 amide bonds. The van der Waals surface area contributed by atoms with Crippen LogP contribution in [0.25, 0.3) is 20.8 Å². The minimum Gasteiger partial charge on any atom is -0.491 e. The lowest BCUT2D eigenvalue weighted by atomic mass is 10.2. The number of carbonyl (C=O) groups excluding carboxylic acids is 1. The van der Waals surface area contributed by atoms with Crippen LogP contribution in [0.3, 0.4) is 0 Å². The first kappa shape index (κ1) is 22.8. The molecule has 0 aliphatic heterocycles. The molecule has 168 valence electrons. The number of benzene rings is 3. The molecular weight excluding hydrogens is 454 g/mol. The summed E-state index contributed by atoms with van der Waals surface area (Å²) in [5, 5.41) is 6.93. The van der Waals surface area contributed by atoms with E-state index < -0.39 is 0 Å². The highest BCUT2D eigenvalue weighted by atomic mass is 32.1. The first-order chi connectivity index (χ1) is 16.0. The summed E-state index contributed by atoms with van der Waals surface area (Å²) in [7, 11) is 1.62. The zero-order valence-corrected chi connectivity index (χ0v) is 19.9. The van der Waals surface area contributed by atoms with E-state index in [1.165, 1.54) is 10.3 Å². The van der Waals surface area contributed by atoms with E-state index in [9.17, 15) is 4.79 Å². The lowest BCUT2D eigenvalue weighted by Crippen LogP contribution is -2.34. The summed E-state index contributed by atoms with van der Waals surface area (Å²) >= 11 is 6.97. The van der Waals surface area contributed by atoms with Gasteiger partial charge >= 0.3 is 0 Å². The van der Waals surface area contributed by atoms with Crippen LogP contribution in [-0.4, -0.2) is 36.3 Å². The van der Waals surface area contributed by atoms with Crippen LogP contribution in [0, 0.1) is 6.92 Å². The van der Waals surface area contributed by atoms with Crippen molar-refractivity contribution in [3.05, 3.63) is 77.9 Å². The first-order valence-corrected chi connectivity index (χ1v) is 11.6. The van der Waals surface area contributed by atoms with Crippen LogP contribution in [0.15, 0.2) is 66.7 Å². The highest BCUT2D eigenvalue weighted by molar-refractivity contribution is 7.80. The zero-order chi connectivity index (χ0) is 23.2. The van der Waals surface area contributed by atoms with Gasteiger partial charge in [-0.1, -0.05) is 6.07 Å². The number of aromatic nitrogens is 1. The quantitative estimate of drug-likeness (QED) is 0.273. The Morgan fingerprint density at radius 3 is 2.52 bits per heavy atom. The summed E-state index contributed by atoms with van der Waals surface area (Å²) in [4.78, 5) is 17.2. The molecule has 0 aliphatic rings. The Morgan fingerprint density at radius 1 is 1.03 bits per heavy atom. The molecule has 0 saturated heterocycles. The number of aryl methyl sites for hydroxylation is 1. The molecule has 4 rings (SSSR count). The molecule has 0 radical (unpaired) electrons. The van der Waals surface area contributed by atoms with E-state index in [4.69, 9.17) is 26.7 Å². The topological polar surface area (TPSA) is 72.5 Å². The van der Waals surface area contributed by atoms with Gasteiger partial charge in [0.2, 0.25) is 0 Å². The van der Waals surface area contributed by atoms with Crippen molar-refractivity contribution in [2.24, 2.45) is 0 Å². The van der Waals surface area contributed by atoms with Crippen LogP contribution in [0.5, 0.6) is 5.75 Å². The fraction of sp³-hybridized carbons (Fsp3) is 0.160. The third kappa shape index (κ3) is 5.92. The molecular formula is C25H23N3O3S2. The summed E-state index contributed by atoms with van der Waals surface area (Å²) < 4.78 is 11.6. The average molecular weight is 478 g/mol. The number of hydrogen-bond acceptors (Lipinski definition) is 6. The molecule has 1 aromatic heterocycles. The lowest BCUT2D eigenvalue weighted by molar-refractivity contribution is 0.0977. The van der Waals surface area contributed by atoms with Gasteiger partial charge in [-0.25, -0.2) is 4.98 Å². The number of hydrogen-bond donors (Lipinski definition) is 2. The van der Waals surface area contributed by atoms with Gasteiger partial charge in [-0.2, -0.15) is 0 Å². The van der Waals surface area contributed by atoms with Crippen molar-refractivity contribution in [3.63, 3.8) is 0 Å². The van der Waals surface area contributed by atoms with Gasteiger partial charge in [0.05, 0.1) is 16.8 Å². The van der Waals surface area contributed by atoms with Crippen LogP contribution in [0.4, 0.5) is 5.69 Å². The predicted molar refractivity (Wildman–Crippen MR) is 137 cm³/mol. The molecule has 0 spiro atoms. The normalized spacial score (nSPS) is 10.7. The lowest BCUT2D eigenvalue weighted by Gasteiger charge is -2.10. The highest BCUT2D eigenvalue weighted by Gasteiger charge is 2.10. The molecule has 2 N–H and O–H groups in total. The number of rotatable bonds is 7. The fourth-order valence-corrected chi connectivity index (χ4v) is 4.41. The second-order valence-corrected chi connectivity index (χ2v) is 8.78. The molecule has 0 saturated carbocycles. The minimum absolute atomic E-state index is 0.226. The van der Waals surface area contributed by atoms with Crippen LogP contribution in [0.1, 0.15) is 15.9 Å². The van der Waals surface area contributed by atoms with Crippen molar-refractivity contribution in [1.29, 1.82) is 0 Å². The van der Waals surface area contributed by atoms with Gasteiger partial charge in [0.15, 0.2) is 5.11 Å². The molecule has 3 aromatic carbocycles. The van der Waals surface area contributed by atoms with Gasteiger partial charge in [0.25, 0.3) is 5.91 Å². The summed E-state index contributed by atoms with van der Waals surface area (Å²) in [6, 6.07) is 20.9. The number of thiazole rings is 1. The highest BCUT2D eigenvalue weighted by Crippen LogP contribution is 2.31. The number of nitrogens with zero attached hydrogens (tertiary/aromatic N) is 1. The van der Waals surface area contributed by atoms with E-state index in [1.807, 2.05) is 30.3 Å². The molecule has 0 unspecified atom stereocenters. The van der Waals surface area contributed by atoms with E-state index in [1.54, 1.807) is 42.7 Å². The number of methoxy groups -OCH3 is 1. The Kier molecular flexibility index (Phi) is 7.29. The maximum Gasteiger partial charge on any atom is 0.257 e. The van der Waals surface area contributed by atoms with Gasteiger partial charge < -0.3 is 14.8 Å². The van der Waals surface area contributed by atoms with Crippen LogP contribution >= 0.6 is 23.6 Å². The minimum atomic E-state index is -0.294. The maximum absolute atomic E-state index is 12.5. The molecule has 33 heavy (non-hydrogen) atoms. The molecule has 0 aliphatic carbocycles. The third-order valence-corrected chi connectivity index (χ3v) is 6.10. The van der Waals surface area contributed by atoms with Crippen molar-refractivity contribution in [2.75, 3.05) is 25.6 Å². The largest absolute Gasteiger partial charge is 0.491 e. The number of amides is 1. The van der Waals surface area contributed by atoms with E-state index in [0.717, 1.165) is 21.8 Å². The smallest absolute Gasteiger partial charge is 0.257 e. The second kappa shape index (κ2) is 10.5. The number of fused-ring (bicyclic) bond motifs is 1. The Morgan fingerprint density at radius 2 is 1.79 bits per heavy atom. The Bertz CT molecular complexity index is 1270. The van der Waals surface area contributed by atoms with E-state index in [0.29, 0.717) is 24.5 Å². The second-order valence-electron chi connectivity index (χ2n) is 7.34. The van der Waals surface area contributed by atoms with E-state index >= 15 is 0 Å². The summed E-state index contributed by atoms with van der Waals surface area (Å²) in [6.45, 7) is 3.03. The van der Waals surface area contributed by atoms with Gasteiger partial charge in [-0.05, 0) is 85.4 Å². The molecule has 0 atom stereocenters. The van der Waals surface area contributed by atoms with Crippen molar-refractivity contribution >= 4 is 50.5 Å². The first-order valence-electron chi connectivity index (χ1n) is 10.3. The van der Waals surface area contributed by atoms with Crippen molar-refractivity contribution in [3.8, 4) is 16.3 Å². The van der Waals surface area contributed by atoms with Crippen molar-refractivity contribution in [1.82, 2.24) is 10.3 Å². The molecule has 0 bridgehead atoms. The number of anilines is 1. The molecule has 6 nitrogen and oxygen atoms in total. The Hall–Kier alpha value is -3.33. The predicted octanol–water partition coefficient (Wildman–Crippen LogP) is 5.42. The number of thiocarbonyl (C=S) groups is 1. The van der Waals surface area contributed by atoms with Crippen molar-refractivity contribution < 1.29 is 14.3 Å². The van der Waals surface area contributed by atoms with Gasteiger partial charge in [0, 0.05) is 23.9 Å². The van der Waals surface area contributed by atoms with Crippen LogP contribution in [0.2, 0.25) is 0 Å². The standard InChI is InChI=1S/C25H23N3O3S2/c1-16-3-12-21-22(15-16)33-24(27-21)18-4-8-19(9-5-18)26-25(32)28-23(29)17-6-10-20(11-7-17)31-14-13-30-2/h3-12,15H,13-14H2,1-2H3,(H2,26,28,29,32). The van der Waals surface area contributed by atoms with Crippen LogP contribution < -0.4 is 15.4 Å². The summed E-state index contributed by atoms with van der Waals surface area (Å²) in [5.41, 5.74) is 4.52. The van der Waals surface area contributed by atoms with Crippen LogP contribution in [-0.2, 0) is 4.74 Å². The monoisotopic (exact) mass is 477 g/mol. The third-order valence-electron chi connectivity index (χ3n) is 4.83. The van der Waals surface area contributed by atoms with Gasteiger partial charge in [0.1, 0.15) is 17.4 Å². The number of carbonyl (C=O) groups is 1. The molecule has 4 aromatic rings. The summed E-state index contributed by atoms with van der Waals surface area (Å²) in [6.07, 6.45) is 0. The maximum atomic E-state index is 12.5. The number of ether oxygens (including phenoxy) is 2. The zero-order valence-electron chi connectivity index (χ0n) is 18.3. The van der Waals surface area contributed by atoms with Gasteiger partial charge in [-0.3, -0.25) is 10.1 Å². The molecule has 1 heterocycles. The molecule has 8 heteroatoms.